The van der Waals surface area contributed by atoms with Gasteiger partial charge < -0.3 is 10.1 Å². The van der Waals surface area contributed by atoms with Crippen molar-refractivity contribution in [1.82, 2.24) is 15.3 Å². The zero-order chi connectivity index (χ0) is 21.2. The lowest BCUT2D eigenvalue weighted by atomic mass is 10.1. The number of para-hydroxylation sites is 2. The molecule has 1 fully saturated rings. The number of methoxy groups -OCH3 is 1. The summed E-state index contributed by atoms with van der Waals surface area (Å²) < 4.78 is 5.46. The highest BCUT2D eigenvalue weighted by Gasteiger charge is 2.25. The molecular weight excluding hydrogens is 426 g/mol. The molecule has 0 bridgehead atoms. The number of amides is 1. The van der Waals surface area contributed by atoms with Gasteiger partial charge in [0.15, 0.2) is 0 Å². The smallest absolute Gasteiger partial charge is 0.252 e. The molecule has 0 spiro atoms. The molecule has 5 nitrogen and oxygen atoms in total. The second-order valence-corrected chi connectivity index (χ2v) is 9.26. The maximum atomic E-state index is 12.8. The Morgan fingerprint density at radius 2 is 1.97 bits per heavy atom. The minimum atomic E-state index is -0.0185. The van der Waals surface area contributed by atoms with Gasteiger partial charge in [-0.25, -0.2) is 9.97 Å². The molecule has 31 heavy (non-hydrogen) atoms. The molecule has 7 heteroatoms. The van der Waals surface area contributed by atoms with Crippen LogP contribution in [0.25, 0.3) is 21.5 Å². The molecule has 0 unspecified atom stereocenters. The van der Waals surface area contributed by atoms with Gasteiger partial charge in [0.25, 0.3) is 5.91 Å². The van der Waals surface area contributed by atoms with Crippen molar-refractivity contribution < 1.29 is 9.53 Å². The van der Waals surface area contributed by atoms with Crippen molar-refractivity contribution in [1.29, 1.82) is 0 Å². The molecule has 156 valence electrons. The highest BCUT2D eigenvalue weighted by atomic mass is 32.2. The van der Waals surface area contributed by atoms with Crippen molar-refractivity contribution in [2.24, 2.45) is 0 Å². The van der Waals surface area contributed by atoms with Gasteiger partial charge in [0.2, 0.25) is 0 Å². The number of aromatic nitrogens is 2. The summed E-state index contributed by atoms with van der Waals surface area (Å²) in [7, 11) is 1.67. The number of carbonyl (C=O) groups excluding carboxylic acids is 1. The lowest BCUT2D eigenvalue weighted by molar-refractivity contribution is 0.0952. The number of carbonyl (C=O) groups is 1. The van der Waals surface area contributed by atoms with Gasteiger partial charge in [-0.1, -0.05) is 42.1 Å². The van der Waals surface area contributed by atoms with Crippen LogP contribution in [0.2, 0.25) is 0 Å². The van der Waals surface area contributed by atoms with Gasteiger partial charge in [-0.15, -0.1) is 11.3 Å². The van der Waals surface area contributed by atoms with Crippen molar-refractivity contribution in [3.63, 3.8) is 0 Å². The third-order valence-corrected chi connectivity index (χ3v) is 6.98. The van der Waals surface area contributed by atoms with Crippen LogP contribution in [0.5, 0.6) is 5.75 Å². The largest absolute Gasteiger partial charge is 0.496 e. The molecule has 2 aromatic heterocycles. The molecule has 0 aliphatic heterocycles. The number of rotatable bonds is 7. The molecular formula is C24H21N3O2S2. The molecule has 1 amide bonds. The van der Waals surface area contributed by atoms with Crippen molar-refractivity contribution in [3.05, 3.63) is 71.2 Å². The monoisotopic (exact) mass is 447 g/mol. The zero-order valence-electron chi connectivity index (χ0n) is 17.0. The number of thiazole rings is 1. The molecule has 1 saturated carbocycles. The van der Waals surface area contributed by atoms with Crippen LogP contribution in [0.1, 0.15) is 28.9 Å². The van der Waals surface area contributed by atoms with E-state index >= 15 is 0 Å². The van der Waals surface area contributed by atoms with Crippen molar-refractivity contribution in [2.75, 3.05) is 7.11 Å². The number of hydrogen-bond acceptors (Lipinski definition) is 6. The number of hydrogen-bond donors (Lipinski definition) is 1. The average molecular weight is 448 g/mol. The highest BCUT2D eigenvalue weighted by Crippen LogP contribution is 2.34. The van der Waals surface area contributed by atoms with Gasteiger partial charge in [0.1, 0.15) is 10.8 Å². The van der Waals surface area contributed by atoms with E-state index in [1.54, 1.807) is 30.2 Å². The summed E-state index contributed by atoms with van der Waals surface area (Å²) in [6, 6.07) is 17.9. The van der Waals surface area contributed by atoms with Crippen LogP contribution in [-0.2, 0) is 5.75 Å². The summed E-state index contributed by atoms with van der Waals surface area (Å²) in [6.45, 7) is 0. The molecule has 1 aliphatic carbocycles. The predicted molar refractivity (Wildman–Crippen MR) is 126 cm³/mol. The number of pyridine rings is 1. The molecule has 5 rings (SSSR count). The number of thioether (sulfide) groups is 1. The SMILES string of the molecule is COc1ccccc1-c1nc(CSc2cc(C(=O)NC3CC3)c3ccccc3n2)cs1. The number of benzene rings is 2. The minimum absolute atomic E-state index is 0.0185. The normalized spacial score (nSPS) is 13.3. The summed E-state index contributed by atoms with van der Waals surface area (Å²) in [5.41, 5.74) is 3.50. The lowest BCUT2D eigenvalue weighted by Crippen LogP contribution is -2.25. The third-order valence-electron chi connectivity index (χ3n) is 5.11. The number of nitrogens with zero attached hydrogens (tertiary/aromatic N) is 2. The van der Waals surface area contributed by atoms with Crippen molar-refractivity contribution >= 4 is 39.9 Å². The van der Waals surface area contributed by atoms with E-state index in [2.05, 4.69) is 10.7 Å². The van der Waals surface area contributed by atoms with Crippen molar-refractivity contribution in [3.8, 4) is 16.3 Å². The van der Waals surface area contributed by atoms with Crippen LogP contribution < -0.4 is 10.1 Å². The summed E-state index contributed by atoms with van der Waals surface area (Å²) in [5.74, 6) is 1.48. The van der Waals surface area contributed by atoms with E-state index in [9.17, 15) is 4.79 Å². The van der Waals surface area contributed by atoms with Crippen LogP contribution in [0, 0.1) is 0 Å². The first kappa shape index (κ1) is 20.0. The van der Waals surface area contributed by atoms with E-state index < -0.39 is 0 Å². The first-order chi connectivity index (χ1) is 15.2. The van der Waals surface area contributed by atoms with E-state index in [4.69, 9.17) is 14.7 Å². The Labute approximate surface area is 188 Å². The first-order valence-corrected chi connectivity index (χ1v) is 12.0. The number of ether oxygens (including phenoxy) is 1. The van der Waals surface area contributed by atoms with Crippen LogP contribution in [0.15, 0.2) is 65.0 Å². The van der Waals surface area contributed by atoms with Gasteiger partial charge in [-0.2, -0.15) is 0 Å². The topological polar surface area (TPSA) is 64.1 Å². The van der Waals surface area contributed by atoms with Gasteiger partial charge >= 0.3 is 0 Å². The molecule has 0 saturated heterocycles. The van der Waals surface area contributed by atoms with Crippen molar-refractivity contribution in [2.45, 2.75) is 29.7 Å². The fourth-order valence-corrected chi connectivity index (χ4v) is 5.13. The molecule has 1 aliphatic rings. The standard InChI is InChI=1S/C24H21N3O2S2/c1-29-21-9-5-3-7-18(21)24-26-16(14-31-24)13-30-22-12-19(23(28)25-15-10-11-15)17-6-2-4-8-20(17)27-22/h2-9,12,14-15H,10-11,13H2,1H3,(H,25,28). The van der Waals surface area contributed by atoms with Gasteiger partial charge in [-0.3, -0.25) is 4.79 Å². The quantitative estimate of drug-likeness (QED) is 0.376. The van der Waals surface area contributed by atoms with Crippen LogP contribution in [0.3, 0.4) is 0 Å². The van der Waals surface area contributed by atoms with Gasteiger partial charge in [0.05, 0.1) is 34.5 Å². The van der Waals surface area contributed by atoms with Crippen LogP contribution in [-0.4, -0.2) is 29.0 Å². The first-order valence-electron chi connectivity index (χ1n) is 10.1. The fraction of sp³-hybridized carbons (Fsp3) is 0.208. The predicted octanol–water partition coefficient (Wildman–Crippen LogP) is 5.55. The fourth-order valence-electron chi connectivity index (χ4n) is 3.37. The molecule has 0 atom stereocenters. The third kappa shape index (κ3) is 4.43. The Balaban J connectivity index is 1.37. The summed E-state index contributed by atoms with van der Waals surface area (Å²) >= 11 is 3.20. The van der Waals surface area contributed by atoms with Crippen LogP contribution in [0.4, 0.5) is 0 Å². The molecule has 1 N–H and O–H groups in total. The molecule has 2 heterocycles. The number of fused-ring (bicyclic) bond motifs is 1. The summed E-state index contributed by atoms with van der Waals surface area (Å²) in [4.78, 5) is 22.3. The molecule has 4 aromatic rings. The minimum Gasteiger partial charge on any atom is -0.496 e. The van der Waals surface area contributed by atoms with E-state index in [1.807, 2.05) is 54.6 Å². The van der Waals surface area contributed by atoms with Crippen LogP contribution >= 0.6 is 23.1 Å². The van der Waals surface area contributed by atoms with E-state index in [0.29, 0.717) is 17.4 Å². The zero-order valence-corrected chi connectivity index (χ0v) is 18.6. The van der Waals surface area contributed by atoms with E-state index in [0.717, 1.165) is 50.8 Å². The Morgan fingerprint density at radius 3 is 2.81 bits per heavy atom. The average Bonchev–Trinajstić information content (AvgIpc) is 3.50. The summed E-state index contributed by atoms with van der Waals surface area (Å²) in [6.07, 6.45) is 2.13. The number of nitrogens with one attached hydrogen (secondary N) is 1. The Hall–Kier alpha value is -2.90. The maximum absolute atomic E-state index is 12.8. The Morgan fingerprint density at radius 1 is 1.16 bits per heavy atom. The second kappa shape index (κ2) is 8.69. The highest BCUT2D eigenvalue weighted by molar-refractivity contribution is 7.98. The summed E-state index contributed by atoms with van der Waals surface area (Å²) in [5, 5.41) is 7.81. The lowest BCUT2D eigenvalue weighted by Gasteiger charge is -2.09. The van der Waals surface area contributed by atoms with Gasteiger partial charge in [-0.05, 0) is 37.1 Å². The van der Waals surface area contributed by atoms with Gasteiger partial charge in [0, 0.05) is 22.6 Å². The molecule has 2 aromatic carbocycles. The Bertz CT molecular complexity index is 1250. The molecule has 0 radical (unpaired) electrons. The second-order valence-electron chi connectivity index (χ2n) is 7.41. The van der Waals surface area contributed by atoms with E-state index in [-0.39, 0.29) is 5.91 Å². The maximum Gasteiger partial charge on any atom is 0.252 e. The Kier molecular flexibility index (Phi) is 5.61. The van der Waals surface area contributed by atoms with E-state index in [1.165, 1.54) is 0 Å².